The first kappa shape index (κ1) is 14.1. The zero-order valence-electron chi connectivity index (χ0n) is 8.95. The van der Waals surface area contributed by atoms with Crippen molar-refractivity contribution in [3.05, 3.63) is 30.1 Å². The van der Waals surface area contributed by atoms with Crippen LogP contribution in [-0.2, 0) is 6.54 Å². The Kier molecular flexibility index (Phi) is 6.96. The van der Waals surface area contributed by atoms with Gasteiger partial charge in [0, 0.05) is 18.6 Å². The average Bonchev–Trinajstić information content (AvgIpc) is 2.19. The van der Waals surface area contributed by atoms with Gasteiger partial charge in [0.05, 0.1) is 5.56 Å². The van der Waals surface area contributed by atoms with Crippen molar-refractivity contribution in [1.29, 1.82) is 0 Å². The van der Waals surface area contributed by atoms with E-state index in [1.54, 1.807) is 12.1 Å². The second-order valence-corrected chi connectivity index (χ2v) is 3.40. The summed E-state index contributed by atoms with van der Waals surface area (Å²) in [4.78, 5) is 10.8. The molecule has 2 N–H and O–H groups in total. The van der Waals surface area contributed by atoms with Crippen molar-refractivity contribution >= 4 is 5.91 Å². The molecule has 0 aromatic carbocycles. The van der Waals surface area contributed by atoms with Crippen LogP contribution in [0.1, 0.15) is 36.5 Å². The summed E-state index contributed by atoms with van der Waals surface area (Å²) < 4.78 is 2.07. The van der Waals surface area contributed by atoms with Gasteiger partial charge in [-0.05, 0) is 6.42 Å². The van der Waals surface area contributed by atoms with Crippen LogP contribution in [-0.4, -0.2) is 5.91 Å². The van der Waals surface area contributed by atoms with Gasteiger partial charge in [0.25, 0.3) is 0 Å². The van der Waals surface area contributed by atoms with E-state index in [4.69, 9.17) is 5.73 Å². The fourth-order valence-corrected chi connectivity index (χ4v) is 1.32. The number of nitrogens with two attached hydrogens (primary N) is 1. The number of unbranched alkanes of at least 4 members (excludes halogenated alkanes) is 2. The minimum atomic E-state index is -0.370. The lowest BCUT2D eigenvalue weighted by Gasteiger charge is -1.96. The van der Waals surface area contributed by atoms with E-state index >= 15 is 0 Å². The number of aryl methyl sites for hydroxylation is 1. The van der Waals surface area contributed by atoms with Gasteiger partial charge in [-0.15, -0.1) is 0 Å². The Morgan fingerprint density at radius 1 is 1.33 bits per heavy atom. The molecule has 3 nitrogen and oxygen atoms in total. The third kappa shape index (κ3) is 4.93. The first-order chi connectivity index (χ1) is 6.74. The van der Waals surface area contributed by atoms with Crippen molar-refractivity contribution in [2.75, 3.05) is 0 Å². The second-order valence-electron chi connectivity index (χ2n) is 3.40. The third-order valence-electron chi connectivity index (χ3n) is 2.20. The molecule has 0 atom stereocenters. The molecule has 0 saturated carbocycles. The summed E-state index contributed by atoms with van der Waals surface area (Å²) in [5.41, 5.74) is 5.70. The number of rotatable bonds is 5. The van der Waals surface area contributed by atoms with E-state index in [0.29, 0.717) is 5.56 Å². The van der Waals surface area contributed by atoms with Gasteiger partial charge in [-0.2, -0.15) is 0 Å². The molecule has 0 spiro atoms. The zero-order chi connectivity index (χ0) is 10.4. The molecule has 1 rings (SSSR count). The van der Waals surface area contributed by atoms with Crippen molar-refractivity contribution in [1.82, 2.24) is 0 Å². The van der Waals surface area contributed by atoms with Crippen molar-refractivity contribution in [3.8, 4) is 0 Å². The first-order valence-corrected chi connectivity index (χ1v) is 5.03. The zero-order valence-corrected chi connectivity index (χ0v) is 10.5. The van der Waals surface area contributed by atoms with Crippen LogP contribution < -0.4 is 27.3 Å². The second kappa shape index (κ2) is 7.40. The van der Waals surface area contributed by atoms with Crippen molar-refractivity contribution < 1.29 is 26.3 Å². The first-order valence-electron chi connectivity index (χ1n) is 5.03. The Labute approximate surface area is 101 Å². The average molecular weight is 273 g/mol. The van der Waals surface area contributed by atoms with Crippen molar-refractivity contribution in [2.45, 2.75) is 32.7 Å². The van der Waals surface area contributed by atoms with Gasteiger partial charge in [0.1, 0.15) is 6.54 Å². The van der Waals surface area contributed by atoms with E-state index in [0.717, 1.165) is 6.54 Å². The Morgan fingerprint density at radius 3 is 2.40 bits per heavy atom. The molecule has 4 heteroatoms. The topological polar surface area (TPSA) is 47.0 Å². The van der Waals surface area contributed by atoms with Gasteiger partial charge in [0.15, 0.2) is 12.4 Å². The lowest BCUT2D eigenvalue weighted by atomic mass is 10.2. The number of carbonyl (C=O) groups excluding carboxylic acids is 1. The molecule has 0 aliphatic rings. The number of aromatic nitrogens is 1. The number of hydrogen-bond donors (Lipinski definition) is 1. The maximum Gasteiger partial charge on any atom is 0.249 e. The minimum Gasteiger partial charge on any atom is -1.00 e. The molecule has 84 valence electrons. The molecule has 0 bridgehead atoms. The fourth-order valence-electron chi connectivity index (χ4n) is 1.32. The molecule has 1 amide bonds. The lowest BCUT2D eigenvalue weighted by molar-refractivity contribution is -0.697. The van der Waals surface area contributed by atoms with E-state index in [2.05, 4.69) is 11.5 Å². The highest BCUT2D eigenvalue weighted by Gasteiger charge is 2.03. The van der Waals surface area contributed by atoms with Gasteiger partial charge in [0.2, 0.25) is 5.91 Å². The molecule has 0 fully saturated rings. The van der Waals surface area contributed by atoms with Gasteiger partial charge in [-0.25, -0.2) is 4.57 Å². The Morgan fingerprint density at radius 2 is 1.93 bits per heavy atom. The quantitative estimate of drug-likeness (QED) is 0.503. The van der Waals surface area contributed by atoms with Crippen LogP contribution >= 0.6 is 0 Å². The smallest absolute Gasteiger partial charge is 0.249 e. The standard InChI is InChI=1S/C11H16N2O.BrH/c1-2-3-4-7-13-8-5-10(6-9-13)11(12)14;/h5-6,8-9H,2-4,7H2,1H3,(H-,12,14);1H. The van der Waals surface area contributed by atoms with Crippen molar-refractivity contribution in [3.63, 3.8) is 0 Å². The molecular formula is C11H17BrN2O. The van der Waals surface area contributed by atoms with Crippen LogP contribution in [0.2, 0.25) is 0 Å². The third-order valence-corrected chi connectivity index (χ3v) is 2.20. The molecule has 0 radical (unpaired) electrons. The predicted molar refractivity (Wildman–Crippen MR) is 54.7 cm³/mol. The van der Waals surface area contributed by atoms with Gasteiger partial charge < -0.3 is 22.7 Å². The summed E-state index contributed by atoms with van der Waals surface area (Å²) >= 11 is 0. The minimum absolute atomic E-state index is 0. The highest BCUT2D eigenvalue weighted by molar-refractivity contribution is 5.92. The summed E-state index contributed by atoms with van der Waals surface area (Å²) in [5.74, 6) is -0.370. The number of nitrogens with zero attached hydrogens (tertiary/aromatic N) is 1. The molecular weight excluding hydrogens is 256 g/mol. The Hall–Kier alpha value is -0.900. The van der Waals surface area contributed by atoms with Crippen LogP contribution in [0.5, 0.6) is 0 Å². The maximum absolute atomic E-state index is 10.8. The maximum atomic E-state index is 10.8. The number of amides is 1. The summed E-state index contributed by atoms with van der Waals surface area (Å²) in [6, 6.07) is 3.52. The normalized spacial score (nSPS) is 9.40. The molecule has 0 aliphatic heterocycles. The van der Waals surface area contributed by atoms with Gasteiger partial charge in [-0.3, -0.25) is 4.79 Å². The van der Waals surface area contributed by atoms with E-state index < -0.39 is 0 Å². The molecule has 15 heavy (non-hydrogen) atoms. The SMILES string of the molecule is CCCCC[n+]1ccc(C(N)=O)cc1.[Br-]. The Balaban J connectivity index is 0.00000196. The van der Waals surface area contributed by atoms with Gasteiger partial charge >= 0.3 is 0 Å². The molecule has 0 saturated heterocycles. The highest BCUT2D eigenvalue weighted by atomic mass is 79.9. The predicted octanol–water partition coefficient (Wildman–Crippen LogP) is -1.73. The van der Waals surface area contributed by atoms with Crippen LogP contribution in [0.25, 0.3) is 0 Å². The number of halogens is 1. The Bertz CT molecular complexity index is 298. The number of hydrogen-bond acceptors (Lipinski definition) is 1. The number of pyridine rings is 1. The van der Waals surface area contributed by atoms with Crippen molar-refractivity contribution in [2.24, 2.45) is 5.73 Å². The molecule has 1 aromatic rings. The van der Waals surface area contributed by atoms with E-state index in [1.165, 1.54) is 19.3 Å². The van der Waals surface area contributed by atoms with Crippen LogP contribution in [0.15, 0.2) is 24.5 Å². The van der Waals surface area contributed by atoms with Crippen LogP contribution in [0, 0.1) is 0 Å². The largest absolute Gasteiger partial charge is 1.00 e. The summed E-state index contributed by atoms with van der Waals surface area (Å²) in [6.45, 7) is 3.19. The fraction of sp³-hybridized carbons (Fsp3) is 0.455. The van der Waals surface area contributed by atoms with E-state index in [9.17, 15) is 4.79 Å². The summed E-state index contributed by atoms with van der Waals surface area (Å²) in [7, 11) is 0. The van der Waals surface area contributed by atoms with Gasteiger partial charge in [-0.1, -0.05) is 13.3 Å². The van der Waals surface area contributed by atoms with E-state index in [1.807, 2.05) is 12.4 Å². The summed E-state index contributed by atoms with van der Waals surface area (Å²) in [6.07, 6.45) is 7.44. The van der Waals surface area contributed by atoms with E-state index in [-0.39, 0.29) is 22.9 Å². The molecule has 1 aromatic heterocycles. The number of primary amides is 1. The highest BCUT2D eigenvalue weighted by Crippen LogP contribution is 1.95. The van der Waals surface area contributed by atoms with Crippen LogP contribution in [0.3, 0.4) is 0 Å². The molecule has 0 aliphatic carbocycles. The molecule has 1 heterocycles. The monoisotopic (exact) mass is 272 g/mol. The lowest BCUT2D eigenvalue weighted by Crippen LogP contribution is -3.00. The van der Waals surface area contributed by atoms with Crippen LogP contribution in [0.4, 0.5) is 0 Å². The number of carbonyl (C=O) groups is 1. The molecule has 0 unspecified atom stereocenters. The summed E-state index contributed by atoms with van der Waals surface area (Å²) in [5, 5.41) is 0.